The van der Waals surface area contributed by atoms with Crippen molar-refractivity contribution in [3.63, 3.8) is 0 Å². The van der Waals surface area contributed by atoms with Crippen LogP contribution in [0, 0.1) is 0 Å². The third-order valence-electron chi connectivity index (χ3n) is 5.03. The van der Waals surface area contributed by atoms with Gasteiger partial charge >= 0.3 is 6.03 Å². The van der Waals surface area contributed by atoms with Crippen molar-refractivity contribution in [2.24, 2.45) is 0 Å². The highest BCUT2D eigenvalue weighted by Crippen LogP contribution is 2.20. The Balaban J connectivity index is 1.78. The molecule has 1 heterocycles. The summed E-state index contributed by atoms with van der Waals surface area (Å²) in [5.41, 5.74) is 2.07. The summed E-state index contributed by atoms with van der Waals surface area (Å²) in [4.78, 5) is 27.2. The molecule has 1 unspecified atom stereocenters. The number of hydrogen-bond donors (Lipinski definition) is 2. The van der Waals surface area contributed by atoms with E-state index < -0.39 is 0 Å². The molecule has 1 fully saturated rings. The van der Waals surface area contributed by atoms with Crippen LogP contribution in [-0.4, -0.2) is 49.2 Å². The van der Waals surface area contributed by atoms with E-state index in [0.717, 1.165) is 30.8 Å². The molecular formula is C24H31N3O4. The molecule has 0 bridgehead atoms. The molecule has 3 rings (SSSR count). The van der Waals surface area contributed by atoms with E-state index in [9.17, 15) is 9.59 Å². The average molecular weight is 426 g/mol. The number of anilines is 1. The molecule has 2 aromatic rings. The summed E-state index contributed by atoms with van der Waals surface area (Å²) in [6.07, 6.45) is 1.99. The SMILES string of the molecule is COc1cccc(CN(CC2CCCO2)C(=O)c2cccc(NC(=O)NC(C)C)c2)c1. The van der Waals surface area contributed by atoms with Gasteiger partial charge < -0.3 is 25.0 Å². The smallest absolute Gasteiger partial charge is 0.319 e. The van der Waals surface area contributed by atoms with E-state index in [-0.39, 0.29) is 24.1 Å². The molecule has 3 amide bonds. The zero-order chi connectivity index (χ0) is 22.2. The Hall–Kier alpha value is -3.06. The van der Waals surface area contributed by atoms with Gasteiger partial charge in [0.15, 0.2) is 0 Å². The van der Waals surface area contributed by atoms with Gasteiger partial charge in [0.25, 0.3) is 5.91 Å². The molecule has 2 N–H and O–H groups in total. The largest absolute Gasteiger partial charge is 0.497 e. The first-order valence-electron chi connectivity index (χ1n) is 10.7. The summed E-state index contributed by atoms with van der Waals surface area (Å²) >= 11 is 0. The number of rotatable bonds is 8. The van der Waals surface area contributed by atoms with Crippen molar-refractivity contribution in [3.05, 3.63) is 59.7 Å². The molecule has 7 nitrogen and oxygen atoms in total. The average Bonchev–Trinajstić information content (AvgIpc) is 3.25. The number of ether oxygens (including phenoxy) is 2. The molecule has 1 saturated heterocycles. The summed E-state index contributed by atoms with van der Waals surface area (Å²) < 4.78 is 11.1. The molecule has 0 radical (unpaired) electrons. The number of amides is 3. The highest BCUT2D eigenvalue weighted by Gasteiger charge is 2.24. The van der Waals surface area contributed by atoms with Crippen LogP contribution in [0.5, 0.6) is 5.75 Å². The van der Waals surface area contributed by atoms with E-state index in [4.69, 9.17) is 9.47 Å². The van der Waals surface area contributed by atoms with Crippen molar-refractivity contribution in [2.75, 3.05) is 25.6 Å². The van der Waals surface area contributed by atoms with Gasteiger partial charge in [0, 0.05) is 37.0 Å². The molecule has 1 aliphatic heterocycles. The van der Waals surface area contributed by atoms with Crippen molar-refractivity contribution in [2.45, 2.75) is 45.4 Å². The highest BCUT2D eigenvalue weighted by atomic mass is 16.5. The van der Waals surface area contributed by atoms with Crippen LogP contribution in [0.4, 0.5) is 10.5 Å². The first kappa shape index (κ1) is 22.6. The molecule has 31 heavy (non-hydrogen) atoms. The van der Waals surface area contributed by atoms with Crippen LogP contribution in [0.1, 0.15) is 42.6 Å². The van der Waals surface area contributed by atoms with Crippen LogP contribution < -0.4 is 15.4 Å². The Bertz CT molecular complexity index is 894. The first-order valence-corrected chi connectivity index (χ1v) is 10.7. The lowest BCUT2D eigenvalue weighted by molar-refractivity contribution is 0.0507. The minimum Gasteiger partial charge on any atom is -0.497 e. The second-order valence-corrected chi connectivity index (χ2v) is 8.01. The Labute approximate surface area is 183 Å². The fourth-order valence-electron chi connectivity index (χ4n) is 3.59. The molecule has 0 aliphatic carbocycles. The van der Waals surface area contributed by atoms with Gasteiger partial charge in [-0.25, -0.2) is 4.79 Å². The molecule has 0 spiro atoms. The lowest BCUT2D eigenvalue weighted by Crippen LogP contribution is -2.37. The van der Waals surface area contributed by atoms with Gasteiger partial charge in [-0.05, 0) is 62.6 Å². The minimum absolute atomic E-state index is 0.0228. The normalized spacial score (nSPS) is 15.5. The van der Waals surface area contributed by atoms with E-state index in [0.29, 0.717) is 24.3 Å². The van der Waals surface area contributed by atoms with E-state index >= 15 is 0 Å². The van der Waals surface area contributed by atoms with Gasteiger partial charge in [-0.2, -0.15) is 0 Å². The van der Waals surface area contributed by atoms with Crippen LogP contribution in [0.3, 0.4) is 0 Å². The minimum atomic E-state index is -0.299. The number of methoxy groups -OCH3 is 1. The Morgan fingerprint density at radius 3 is 2.71 bits per heavy atom. The topological polar surface area (TPSA) is 79.9 Å². The van der Waals surface area contributed by atoms with Gasteiger partial charge in [0.05, 0.1) is 13.2 Å². The zero-order valence-electron chi connectivity index (χ0n) is 18.4. The third kappa shape index (κ3) is 6.72. The molecule has 2 aromatic carbocycles. The molecule has 1 atom stereocenters. The second-order valence-electron chi connectivity index (χ2n) is 8.01. The summed E-state index contributed by atoms with van der Waals surface area (Å²) in [6, 6.07) is 14.4. The summed E-state index contributed by atoms with van der Waals surface area (Å²) in [6.45, 7) is 5.47. The van der Waals surface area contributed by atoms with Gasteiger partial charge in [0.1, 0.15) is 5.75 Å². The van der Waals surface area contributed by atoms with Crippen molar-refractivity contribution in [1.82, 2.24) is 10.2 Å². The summed E-state index contributed by atoms with van der Waals surface area (Å²) in [5, 5.41) is 5.56. The lowest BCUT2D eigenvalue weighted by Gasteiger charge is -2.26. The van der Waals surface area contributed by atoms with Crippen molar-refractivity contribution >= 4 is 17.6 Å². The van der Waals surface area contributed by atoms with Crippen LogP contribution in [0.2, 0.25) is 0 Å². The summed E-state index contributed by atoms with van der Waals surface area (Å²) in [7, 11) is 1.63. The van der Waals surface area contributed by atoms with Crippen LogP contribution in [0.25, 0.3) is 0 Å². The predicted octanol–water partition coefficient (Wildman–Crippen LogP) is 4.05. The molecular weight excluding hydrogens is 394 g/mol. The highest BCUT2D eigenvalue weighted by molar-refractivity contribution is 5.97. The number of urea groups is 1. The van der Waals surface area contributed by atoms with E-state index in [1.54, 1.807) is 36.3 Å². The van der Waals surface area contributed by atoms with Crippen LogP contribution >= 0.6 is 0 Å². The predicted molar refractivity (Wildman–Crippen MR) is 120 cm³/mol. The first-order chi connectivity index (χ1) is 14.9. The molecule has 1 aliphatic rings. The number of carbonyl (C=O) groups excluding carboxylic acids is 2. The molecule has 166 valence electrons. The fraction of sp³-hybridized carbons (Fsp3) is 0.417. The maximum absolute atomic E-state index is 13.4. The van der Waals surface area contributed by atoms with Gasteiger partial charge in [0.2, 0.25) is 0 Å². The zero-order valence-corrected chi connectivity index (χ0v) is 18.4. The Kier molecular flexibility index (Phi) is 7.89. The monoisotopic (exact) mass is 425 g/mol. The molecule has 7 heteroatoms. The van der Waals surface area contributed by atoms with E-state index in [2.05, 4.69) is 10.6 Å². The Morgan fingerprint density at radius 2 is 2.00 bits per heavy atom. The van der Waals surface area contributed by atoms with Gasteiger partial charge in [-0.3, -0.25) is 4.79 Å². The number of carbonyl (C=O) groups is 2. The van der Waals surface area contributed by atoms with E-state index in [1.807, 2.05) is 38.1 Å². The van der Waals surface area contributed by atoms with Crippen LogP contribution in [0.15, 0.2) is 48.5 Å². The number of nitrogens with zero attached hydrogens (tertiary/aromatic N) is 1. The van der Waals surface area contributed by atoms with Gasteiger partial charge in [-0.15, -0.1) is 0 Å². The van der Waals surface area contributed by atoms with Crippen molar-refractivity contribution in [1.29, 1.82) is 0 Å². The Morgan fingerprint density at radius 1 is 1.19 bits per heavy atom. The maximum atomic E-state index is 13.4. The van der Waals surface area contributed by atoms with Gasteiger partial charge in [-0.1, -0.05) is 18.2 Å². The number of nitrogens with one attached hydrogen (secondary N) is 2. The second kappa shape index (κ2) is 10.8. The molecule has 0 aromatic heterocycles. The van der Waals surface area contributed by atoms with Crippen LogP contribution in [-0.2, 0) is 11.3 Å². The van der Waals surface area contributed by atoms with E-state index in [1.165, 1.54) is 0 Å². The summed E-state index contributed by atoms with van der Waals surface area (Å²) in [5.74, 6) is 0.649. The van der Waals surface area contributed by atoms with Crippen molar-refractivity contribution < 1.29 is 19.1 Å². The molecule has 0 saturated carbocycles. The maximum Gasteiger partial charge on any atom is 0.319 e. The number of hydrogen-bond acceptors (Lipinski definition) is 4. The standard InChI is InChI=1S/C24H31N3O4/c1-17(2)25-24(29)26-20-9-5-8-19(14-20)23(28)27(16-22-11-6-12-31-22)15-18-7-4-10-21(13-18)30-3/h4-5,7-10,13-14,17,22H,6,11-12,15-16H2,1-3H3,(H2,25,26,29). The van der Waals surface area contributed by atoms with Crippen molar-refractivity contribution in [3.8, 4) is 5.75 Å². The lowest BCUT2D eigenvalue weighted by atomic mass is 10.1. The quantitative estimate of drug-likeness (QED) is 0.669. The third-order valence-corrected chi connectivity index (χ3v) is 5.03. The number of benzene rings is 2. The fourth-order valence-corrected chi connectivity index (χ4v) is 3.59.